The molecule has 0 amide bonds. The normalized spacial score (nSPS) is 13.9. The molecule has 1 aliphatic rings. The number of aromatic nitrogens is 3. The van der Waals surface area contributed by atoms with Crippen LogP contribution in [0.4, 0.5) is 0 Å². The summed E-state index contributed by atoms with van der Waals surface area (Å²) in [6.07, 6.45) is 3.23. The van der Waals surface area contributed by atoms with Gasteiger partial charge in [0.25, 0.3) is 10.8 Å². The molecule has 5 nitrogen and oxygen atoms in total. The highest BCUT2D eigenvalue weighted by Crippen LogP contribution is 2.34. The molecule has 0 unspecified atom stereocenters. The first-order chi connectivity index (χ1) is 10.6. The van der Waals surface area contributed by atoms with Gasteiger partial charge in [-0.15, -0.1) is 11.3 Å². The van der Waals surface area contributed by atoms with Gasteiger partial charge in [0.1, 0.15) is 16.4 Å². The van der Waals surface area contributed by atoms with Crippen LogP contribution < -0.4 is 5.56 Å². The summed E-state index contributed by atoms with van der Waals surface area (Å²) in [6.45, 7) is 3.81. The van der Waals surface area contributed by atoms with Crippen LogP contribution in [-0.4, -0.2) is 15.0 Å². The molecule has 3 heterocycles. The zero-order valence-electron chi connectivity index (χ0n) is 12.4. The number of thioether (sulfide) groups is 1. The Balaban J connectivity index is 1.64. The van der Waals surface area contributed by atoms with E-state index in [1.54, 1.807) is 11.3 Å². The maximum absolute atomic E-state index is 12.4. The quantitative estimate of drug-likeness (QED) is 0.744. The van der Waals surface area contributed by atoms with Gasteiger partial charge in [0, 0.05) is 4.88 Å². The second-order valence-corrected chi connectivity index (χ2v) is 7.47. The van der Waals surface area contributed by atoms with Crippen LogP contribution in [0, 0.1) is 13.8 Å². The lowest BCUT2D eigenvalue weighted by molar-refractivity contribution is 0.431. The fraction of sp³-hybridized carbons (Fsp3) is 0.400. The molecule has 4 rings (SSSR count). The van der Waals surface area contributed by atoms with Crippen LogP contribution in [0.15, 0.2) is 14.4 Å². The van der Waals surface area contributed by atoms with E-state index in [0.29, 0.717) is 16.8 Å². The van der Waals surface area contributed by atoms with Gasteiger partial charge < -0.3 is 9.40 Å². The van der Waals surface area contributed by atoms with Crippen LogP contribution in [0.25, 0.3) is 10.2 Å². The third kappa shape index (κ3) is 2.28. The van der Waals surface area contributed by atoms with E-state index < -0.39 is 0 Å². The lowest BCUT2D eigenvalue weighted by atomic mass is 10.2. The summed E-state index contributed by atoms with van der Waals surface area (Å²) >= 11 is 3.11. The summed E-state index contributed by atoms with van der Waals surface area (Å²) in [5.41, 5.74) is 2.10. The number of nitrogens with zero attached hydrogens (tertiary/aromatic N) is 2. The standard InChI is InChI=1S/C15H15N3O2S2/c1-7-8(2)20-15(16-7)21-6-11-17-13(19)12-9-4-3-5-10(9)22-14(12)18-11/h3-6H2,1-2H3,(H,17,18,19). The summed E-state index contributed by atoms with van der Waals surface area (Å²) in [7, 11) is 0. The van der Waals surface area contributed by atoms with E-state index in [9.17, 15) is 4.79 Å². The molecule has 114 valence electrons. The number of oxazole rings is 1. The first kappa shape index (κ1) is 14.0. The van der Waals surface area contributed by atoms with Crippen LogP contribution in [0.1, 0.15) is 34.1 Å². The van der Waals surface area contributed by atoms with Crippen LogP contribution in [-0.2, 0) is 18.6 Å². The average molecular weight is 333 g/mol. The molecule has 0 bridgehead atoms. The Morgan fingerprint density at radius 3 is 2.95 bits per heavy atom. The van der Waals surface area contributed by atoms with Gasteiger partial charge >= 0.3 is 0 Å². The fourth-order valence-electron chi connectivity index (χ4n) is 2.75. The SMILES string of the molecule is Cc1nc(SCc2nc3sc4c(c3c(=O)[nH]2)CCC4)oc1C. The predicted octanol–water partition coefficient (Wildman–Crippen LogP) is 3.37. The Labute approximate surface area is 135 Å². The van der Waals surface area contributed by atoms with Crippen LogP contribution in [0.3, 0.4) is 0 Å². The predicted molar refractivity (Wildman–Crippen MR) is 87.8 cm³/mol. The third-order valence-electron chi connectivity index (χ3n) is 3.97. The van der Waals surface area contributed by atoms with E-state index in [2.05, 4.69) is 15.0 Å². The van der Waals surface area contributed by atoms with E-state index in [-0.39, 0.29) is 5.56 Å². The van der Waals surface area contributed by atoms with E-state index in [1.807, 2.05) is 13.8 Å². The molecule has 0 fully saturated rings. The average Bonchev–Trinajstić information content (AvgIpc) is 3.11. The van der Waals surface area contributed by atoms with E-state index in [0.717, 1.165) is 40.9 Å². The first-order valence-corrected chi connectivity index (χ1v) is 9.02. The monoisotopic (exact) mass is 333 g/mol. The Bertz CT molecular complexity index is 903. The molecule has 0 aliphatic heterocycles. The number of rotatable bonds is 3. The van der Waals surface area contributed by atoms with E-state index in [1.165, 1.54) is 22.2 Å². The second-order valence-electron chi connectivity index (χ2n) is 5.46. The molecule has 0 saturated heterocycles. The minimum Gasteiger partial charge on any atom is -0.437 e. The Kier molecular flexibility index (Phi) is 3.34. The highest BCUT2D eigenvalue weighted by molar-refractivity contribution is 7.98. The Morgan fingerprint density at radius 1 is 1.32 bits per heavy atom. The summed E-state index contributed by atoms with van der Waals surface area (Å²) in [5.74, 6) is 2.05. The molecule has 0 saturated carbocycles. The van der Waals surface area contributed by atoms with Gasteiger partial charge in [-0.2, -0.15) is 0 Å². The highest BCUT2D eigenvalue weighted by Gasteiger charge is 2.21. The minimum atomic E-state index is -0.0141. The van der Waals surface area contributed by atoms with Gasteiger partial charge in [-0.1, -0.05) is 11.8 Å². The van der Waals surface area contributed by atoms with Crippen molar-refractivity contribution in [2.24, 2.45) is 0 Å². The molecule has 0 spiro atoms. The van der Waals surface area contributed by atoms with Crippen molar-refractivity contribution in [2.45, 2.75) is 44.1 Å². The van der Waals surface area contributed by atoms with Crippen molar-refractivity contribution >= 4 is 33.3 Å². The molecule has 0 radical (unpaired) electrons. The molecule has 22 heavy (non-hydrogen) atoms. The minimum absolute atomic E-state index is 0.0141. The largest absolute Gasteiger partial charge is 0.437 e. The van der Waals surface area contributed by atoms with Crippen LogP contribution in [0.5, 0.6) is 0 Å². The van der Waals surface area contributed by atoms with Gasteiger partial charge in [0.2, 0.25) is 0 Å². The summed E-state index contributed by atoms with van der Waals surface area (Å²) in [5, 5.41) is 1.42. The maximum Gasteiger partial charge on any atom is 0.259 e. The number of aryl methyl sites for hydroxylation is 4. The first-order valence-electron chi connectivity index (χ1n) is 7.22. The van der Waals surface area contributed by atoms with E-state index >= 15 is 0 Å². The Hall–Kier alpha value is -1.60. The van der Waals surface area contributed by atoms with Gasteiger partial charge in [-0.25, -0.2) is 9.97 Å². The molecule has 1 aliphatic carbocycles. The van der Waals surface area contributed by atoms with Crippen molar-refractivity contribution in [1.82, 2.24) is 15.0 Å². The molecular weight excluding hydrogens is 318 g/mol. The summed E-state index contributed by atoms with van der Waals surface area (Å²) in [4.78, 5) is 26.4. The molecule has 7 heteroatoms. The van der Waals surface area contributed by atoms with Crippen molar-refractivity contribution in [2.75, 3.05) is 0 Å². The zero-order chi connectivity index (χ0) is 15.3. The number of hydrogen-bond donors (Lipinski definition) is 1. The van der Waals surface area contributed by atoms with Crippen molar-refractivity contribution in [3.05, 3.63) is 38.1 Å². The maximum atomic E-state index is 12.4. The highest BCUT2D eigenvalue weighted by atomic mass is 32.2. The molecule has 1 N–H and O–H groups in total. The van der Waals surface area contributed by atoms with Crippen molar-refractivity contribution in [1.29, 1.82) is 0 Å². The number of thiophene rings is 1. The lowest BCUT2D eigenvalue weighted by Gasteiger charge is -1.99. The molecule has 3 aromatic heterocycles. The summed E-state index contributed by atoms with van der Waals surface area (Å²) < 4.78 is 5.54. The molecule has 0 aromatic carbocycles. The van der Waals surface area contributed by atoms with Gasteiger partial charge in [-0.3, -0.25) is 4.79 Å². The molecule has 3 aromatic rings. The fourth-order valence-corrected chi connectivity index (χ4v) is 4.81. The van der Waals surface area contributed by atoms with Gasteiger partial charge in [0.05, 0.1) is 16.8 Å². The molecular formula is C15H15N3O2S2. The number of nitrogens with one attached hydrogen (secondary N) is 1. The van der Waals surface area contributed by atoms with Crippen molar-refractivity contribution in [3.63, 3.8) is 0 Å². The molecule has 0 atom stereocenters. The number of hydrogen-bond acceptors (Lipinski definition) is 6. The van der Waals surface area contributed by atoms with Gasteiger partial charge in [0.15, 0.2) is 0 Å². The lowest BCUT2D eigenvalue weighted by Crippen LogP contribution is -2.11. The van der Waals surface area contributed by atoms with Crippen molar-refractivity contribution < 1.29 is 4.42 Å². The van der Waals surface area contributed by atoms with Crippen LogP contribution in [0.2, 0.25) is 0 Å². The second kappa shape index (κ2) is 5.24. The smallest absolute Gasteiger partial charge is 0.259 e. The summed E-state index contributed by atoms with van der Waals surface area (Å²) in [6, 6.07) is 0. The third-order valence-corrected chi connectivity index (χ3v) is 5.99. The number of fused-ring (bicyclic) bond motifs is 3. The zero-order valence-corrected chi connectivity index (χ0v) is 14.0. The Morgan fingerprint density at radius 2 is 2.18 bits per heavy atom. The van der Waals surface area contributed by atoms with Crippen molar-refractivity contribution in [3.8, 4) is 0 Å². The number of aromatic amines is 1. The number of H-pyrrole nitrogens is 1. The van der Waals surface area contributed by atoms with E-state index in [4.69, 9.17) is 4.42 Å². The van der Waals surface area contributed by atoms with Gasteiger partial charge in [-0.05, 0) is 38.7 Å². The topological polar surface area (TPSA) is 71.8 Å². The van der Waals surface area contributed by atoms with Crippen LogP contribution >= 0.6 is 23.1 Å².